The monoisotopic (exact) mass is 547 g/mol. The third kappa shape index (κ3) is 7.46. The molecule has 10 heteroatoms. The van der Waals surface area contributed by atoms with Crippen LogP contribution in [0.1, 0.15) is 54.9 Å². The number of hydrogen-bond donors (Lipinski definition) is 3. The van der Waals surface area contributed by atoms with Gasteiger partial charge in [0, 0.05) is 25.6 Å². The van der Waals surface area contributed by atoms with E-state index >= 15 is 0 Å². The summed E-state index contributed by atoms with van der Waals surface area (Å²) in [6, 6.07) is 10.9. The van der Waals surface area contributed by atoms with Crippen LogP contribution < -0.4 is 16.0 Å². The molecule has 37 heavy (non-hydrogen) atoms. The van der Waals surface area contributed by atoms with E-state index < -0.39 is 23.3 Å². The van der Waals surface area contributed by atoms with Crippen molar-refractivity contribution < 1.29 is 23.9 Å². The highest BCUT2D eigenvalue weighted by atomic mass is 35.5. The maximum Gasteiger partial charge on any atom is 0.328 e. The van der Waals surface area contributed by atoms with Crippen LogP contribution in [-0.4, -0.2) is 43.4 Å². The molecule has 1 fully saturated rings. The van der Waals surface area contributed by atoms with Gasteiger partial charge < -0.3 is 20.7 Å². The fourth-order valence-corrected chi connectivity index (χ4v) is 5.20. The van der Waals surface area contributed by atoms with Crippen LogP contribution in [0.15, 0.2) is 42.5 Å². The molecule has 0 radical (unpaired) electrons. The number of rotatable bonds is 10. The van der Waals surface area contributed by atoms with Crippen molar-refractivity contribution in [1.29, 1.82) is 0 Å². The molecular weight excluding hydrogens is 517 g/mol. The maximum atomic E-state index is 13.3. The van der Waals surface area contributed by atoms with Crippen molar-refractivity contribution in [2.24, 2.45) is 5.41 Å². The van der Waals surface area contributed by atoms with E-state index in [0.29, 0.717) is 31.5 Å². The van der Waals surface area contributed by atoms with Crippen molar-refractivity contribution >= 4 is 52.6 Å². The SMILES string of the molecule is COC(=O)C(Cc1ccc(NC(=O)c2c(Cl)cccc2Cl)cc1)NC(=O)C1(CCNC(C)=O)CCCC1. The van der Waals surface area contributed by atoms with Gasteiger partial charge in [-0.2, -0.15) is 0 Å². The predicted molar refractivity (Wildman–Crippen MR) is 143 cm³/mol. The van der Waals surface area contributed by atoms with Gasteiger partial charge in [-0.05, 0) is 49.1 Å². The minimum atomic E-state index is -0.877. The number of halogens is 2. The second kappa shape index (κ2) is 12.9. The number of anilines is 1. The molecule has 8 nitrogen and oxygen atoms in total. The van der Waals surface area contributed by atoms with Crippen molar-refractivity contribution in [3.05, 3.63) is 63.6 Å². The summed E-state index contributed by atoms with van der Waals surface area (Å²) in [6.45, 7) is 1.84. The number of hydrogen-bond acceptors (Lipinski definition) is 5. The predicted octanol–water partition coefficient (Wildman–Crippen LogP) is 4.53. The summed E-state index contributed by atoms with van der Waals surface area (Å²) in [5.74, 6) is -1.33. The molecule has 0 aromatic heterocycles. The Morgan fingerprint density at radius 2 is 1.62 bits per heavy atom. The fourth-order valence-electron chi connectivity index (χ4n) is 4.64. The Kier molecular flexibility index (Phi) is 9.94. The normalized spacial score (nSPS) is 14.9. The van der Waals surface area contributed by atoms with Gasteiger partial charge in [0.15, 0.2) is 0 Å². The first-order chi connectivity index (χ1) is 17.6. The summed E-state index contributed by atoms with van der Waals surface area (Å²) in [4.78, 5) is 49.8. The van der Waals surface area contributed by atoms with E-state index in [1.165, 1.54) is 14.0 Å². The molecule has 3 amide bonds. The molecule has 0 spiro atoms. The largest absolute Gasteiger partial charge is 0.467 e. The zero-order valence-corrected chi connectivity index (χ0v) is 22.4. The molecule has 2 aromatic rings. The number of esters is 1. The Hall–Kier alpha value is -3.10. The topological polar surface area (TPSA) is 114 Å². The summed E-state index contributed by atoms with van der Waals surface area (Å²) in [5.41, 5.74) is 0.847. The number of nitrogens with one attached hydrogen (secondary N) is 3. The Labute approximate surface area is 226 Å². The van der Waals surface area contributed by atoms with E-state index in [-0.39, 0.29) is 33.8 Å². The van der Waals surface area contributed by atoms with Crippen LogP contribution in [-0.2, 0) is 25.5 Å². The summed E-state index contributed by atoms with van der Waals surface area (Å²) in [6.07, 6.45) is 3.97. The minimum absolute atomic E-state index is 0.143. The summed E-state index contributed by atoms with van der Waals surface area (Å²) in [5, 5.41) is 8.90. The molecule has 0 bridgehead atoms. The van der Waals surface area contributed by atoms with Crippen molar-refractivity contribution in [2.75, 3.05) is 19.0 Å². The van der Waals surface area contributed by atoms with E-state index in [4.69, 9.17) is 27.9 Å². The van der Waals surface area contributed by atoms with Gasteiger partial charge in [-0.1, -0.05) is 54.2 Å². The third-order valence-corrected chi connectivity index (χ3v) is 7.28. The molecule has 0 aliphatic heterocycles. The number of ether oxygens (including phenoxy) is 1. The minimum Gasteiger partial charge on any atom is -0.467 e. The van der Waals surface area contributed by atoms with E-state index in [1.54, 1.807) is 42.5 Å². The molecule has 0 heterocycles. The highest BCUT2D eigenvalue weighted by molar-refractivity contribution is 6.40. The molecule has 3 rings (SSSR count). The molecule has 198 valence electrons. The summed E-state index contributed by atoms with van der Waals surface area (Å²) in [7, 11) is 1.28. The number of benzene rings is 2. The number of methoxy groups -OCH3 is 1. The lowest BCUT2D eigenvalue weighted by Gasteiger charge is -2.30. The molecule has 1 saturated carbocycles. The van der Waals surface area contributed by atoms with Gasteiger partial charge in [0.05, 0.1) is 28.1 Å². The molecule has 1 atom stereocenters. The van der Waals surface area contributed by atoms with Crippen molar-refractivity contribution in [2.45, 2.75) is 51.5 Å². The quantitative estimate of drug-likeness (QED) is 0.378. The van der Waals surface area contributed by atoms with E-state index in [1.807, 2.05) is 0 Å². The highest BCUT2D eigenvalue weighted by Crippen LogP contribution is 2.41. The Balaban J connectivity index is 1.67. The van der Waals surface area contributed by atoms with Crippen molar-refractivity contribution in [3.63, 3.8) is 0 Å². The fraction of sp³-hybridized carbons (Fsp3) is 0.407. The molecule has 1 aliphatic rings. The molecule has 3 N–H and O–H groups in total. The average Bonchev–Trinajstić information content (AvgIpc) is 3.34. The summed E-state index contributed by atoms with van der Waals surface area (Å²) < 4.78 is 4.95. The Morgan fingerprint density at radius 1 is 1.00 bits per heavy atom. The first-order valence-electron chi connectivity index (χ1n) is 12.1. The molecule has 2 aromatic carbocycles. The summed E-state index contributed by atoms with van der Waals surface area (Å²) >= 11 is 12.2. The zero-order valence-electron chi connectivity index (χ0n) is 20.9. The van der Waals surface area contributed by atoms with Gasteiger partial charge in [0.1, 0.15) is 6.04 Å². The molecular formula is C27H31Cl2N3O5. The Bertz CT molecular complexity index is 1130. The van der Waals surface area contributed by atoms with Gasteiger partial charge in [0.2, 0.25) is 11.8 Å². The van der Waals surface area contributed by atoms with Crippen LogP contribution in [0.5, 0.6) is 0 Å². The van der Waals surface area contributed by atoms with Crippen LogP contribution in [0.25, 0.3) is 0 Å². The average molecular weight is 548 g/mol. The van der Waals surface area contributed by atoms with Crippen molar-refractivity contribution in [1.82, 2.24) is 10.6 Å². The van der Waals surface area contributed by atoms with Gasteiger partial charge in [-0.25, -0.2) is 4.79 Å². The lowest BCUT2D eigenvalue weighted by Crippen LogP contribution is -2.49. The van der Waals surface area contributed by atoms with Crippen LogP contribution in [0, 0.1) is 5.41 Å². The first kappa shape index (κ1) is 28.5. The van der Waals surface area contributed by atoms with Crippen LogP contribution in [0.2, 0.25) is 10.0 Å². The number of amides is 3. The van der Waals surface area contributed by atoms with Gasteiger partial charge >= 0.3 is 5.97 Å². The second-order valence-corrected chi connectivity index (χ2v) is 10.0. The van der Waals surface area contributed by atoms with E-state index in [9.17, 15) is 19.2 Å². The molecule has 1 aliphatic carbocycles. The zero-order chi connectivity index (χ0) is 27.0. The second-order valence-electron chi connectivity index (χ2n) is 9.22. The van der Waals surface area contributed by atoms with E-state index in [0.717, 1.165) is 18.4 Å². The van der Waals surface area contributed by atoms with Gasteiger partial charge in [-0.15, -0.1) is 0 Å². The van der Waals surface area contributed by atoms with Crippen molar-refractivity contribution in [3.8, 4) is 0 Å². The third-order valence-electron chi connectivity index (χ3n) is 6.65. The smallest absolute Gasteiger partial charge is 0.328 e. The van der Waals surface area contributed by atoms with Gasteiger partial charge in [0.25, 0.3) is 5.91 Å². The van der Waals surface area contributed by atoms with Crippen LogP contribution in [0.3, 0.4) is 0 Å². The van der Waals surface area contributed by atoms with Gasteiger partial charge in [-0.3, -0.25) is 14.4 Å². The first-order valence-corrected chi connectivity index (χ1v) is 12.9. The van der Waals surface area contributed by atoms with E-state index in [2.05, 4.69) is 16.0 Å². The Morgan fingerprint density at radius 3 is 2.19 bits per heavy atom. The highest BCUT2D eigenvalue weighted by Gasteiger charge is 2.42. The molecule has 1 unspecified atom stereocenters. The standard InChI is InChI=1S/C27H31Cl2N3O5/c1-17(33)30-15-14-27(12-3-4-13-27)26(36)32-22(25(35)37-2)16-18-8-10-19(11-9-18)31-24(34)23-20(28)6-5-7-21(23)29/h5-11,22H,3-4,12-16H2,1-2H3,(H,30,33)(H,31,34)(H,32,36). The number of carbonyl (C=O) groups is 4. The lowest BCUT2D eigenvalue weighted by atomic mass is 9.81. The van der Waals surface area contributed by atoms with Crippen LogP contribution in [0.4, 0.5) is 5.69 Å². The lowest BCUT2D eigenvalue weighted by molar-refractivity contribution is -0.146. The maximum absolute atomic E-state index is 13.3. The van der Waals surface area contributed by atoms with Crippen LogP contribution >= 0.6 is 23.2 Å². The number of carbonyl (C=O) groups excluding carboxylic acids is 4. The molecule has 0 saturated heterocycles.